The van der Waals surface area contributed by atoms with Crippen LogP contribution in [0.25, 0.3) is 0 Å². The lowest BCUT2D eigenvalue weighted by Crippen LogP contribution is -2.29. The second-order valence-electron chi connectivity index (χ2n) is 5.70. The molecule has 1 atom stereocenters. The van der Waals surface area contributed by atoms with E-state index in [-0.39, 0.29) is 11.9 Å². The van der Waals surface area contributed by atoms with Crippen LogP contribution in [0.3, 0.4) is 0 Å². The van der Waals surface area contributed by atoms with E-state index in [9.17, 15) is 4.39 Å². The van der Waals surface area contributed by atoms with Gasteiger partial charge < -0.3 is 5.32 Å². The van der Waals surface area contributed by atoms with Crippen molar-refractivity contribution in [1.82, 2.24) is 10.3 Å². The molecule has 2 aromatic rings. The summed E-state index contributed by atoms with van der Waals surface area (Å²) in [5.41, 5.74) is 2.29. The quantitative estimate of drug-likeness (QED) is 0.851. The number of nitrogens with zero attached hydrogens (tertiary/aromatic N) is 1. The zero-order valence-electron chi connectivity index (χ0n) is 12.1. The number of nitrogens with one attached hydrogen (secondary N) is 1. The van der Waals surface area contributed by atoms with Crippen molar-refractivity contribution >= 4 is 27.3 Å². The van der Waals surface area contributed by atoms with E-state index in [1.807, 2.05) is 6.07 Å². The minimum atomic E-state index is -0.226. The zero-order valence-corrected chi connectivity index (χ0v) is 14.5. The average molecular weight is 369 g/mol. The van der Waals surface area contributed by atoms with E-state index in [0.29, 0.717) is 6.04 Å². The summed E-state index contributed by atoms with van der Waals surface area (Å²) in [4.78, 5) is 6.24. The molecular formula is C16H18BrFN2S. The van der Waals surface area contributed by atoms with Crippen LogP contribution in [0.4, 0.5) is 4.39 Å². The lowest BCUT2D eigenvalue weighted by molar-refractivity contribution is 0.523. The highest BCUT2D eigenvalue weighted by Gasteiger charge is 2.25. The molecule has 0 fully saturated rings. The Morgan fingerprint density at radius 1 is 1.33 bits per heavy atom. The third kappa shape index (κ3) is 3.20. The molecule has 1 aliphatic carbocycles. The van der Waals surface area contributed by atoms with Crippen molar-refractivity contribution in [1.29, 1.82) is 0 Å². The van der Waals surface area contributed by atoms with Gasteiger partial charge in [-0.15, -0.1) is 11.3 Å². The largest absolute Gasteiger partial charge is 0.302 e. The smallest absolute Gasteiger partial charge is 0.124 e. The third-order valence-electron chi connectivity index (χ3n) is 3.63. The highest BCUT2D eigenvalue weighted by atomic mass is 79.9. The molecule has 1 aromatic carbocycles. The van der Waals surface area contributed by atoms with Crippen molar-refractivity contribution in [2.45, 2.75) is 45.2 Å². The summed E-state index contributed by atoms with van der Waals surface area (Å²) in [5, 5.41) is 4.64. The van der Waals surface area contributed by atoms with Gasteiger partial charge in [0.1, 0.15) is 10.8 Å². The van der Waals surface area contributed by atoms with Gasteiger partial charge in [0, 0.05) is 15.4 Å². The third-order valence-corrected chi connectivity index (χ3v) is 5.54. The van der Waals surface area contributed by atoms with Gasteiger partial charge in [0.05, 0.1) is 11.7 Å². The lowest BCUT2D eigenvalue weighted by Gasteiger charge is -2.21. The minimum absolute atomic E-state index is 0.00979. The van der Waals surface area contributed by atoms with E-state index in [0.717, 1.165) is 27.9 Å². The molecule has 0 spiro atoms. The summed E-state index contributed by atoms with van der Waals surface area (Å²) in [6.45, 7) is 4.23. The van der Waals surface area contributed by atoms with Crippen LogP contribution in [0.2, 0.25) is 0 Å². The van der Waals surface area contributed by atoms with Crippen LogP contribution in [-0.2, 0) is 12.8 Å². The first-order valence-corrected chi connectivity index (χ1v) is 8.85. The maximum absolute atomic E-state index is 13.3. The molecule has 0 aliphatic heterocycles. The van der Waals surface area contributed by atoms with Gasteiger partial charge in [-0.25, -0.2) is 9.37 Å². The molecule has 1 N–H and O–H groups in total. The molecule has 3 rings (SSSR count). The molecule has 0 saturated carbocycles. The van der Waals surface area contributed by atoms with Gasteiger partial charge in [-0.3, -0.25) is 0 Å². The normalized spacial score (nSPS) is 15.5. The van der Waals surface area contributed by atoms with E-state index in [1.54, 1.807) is 11.3 Å². The molecule has 0 amide bonds. The Labute approximate surface area is 136 Å². The number of halogens is 2. The van der Waals surface area contributed by atoms with Gasteiger partial charge in [0.15, 0.2) is 0 Å². The maximum atomic E-state index is 13.3. The van der Waals surface area contributed by atoms with Crippen molar-refractivity contribution in [2.75, 3.05) is 0 Å². The Balaban J connectivity index is 2.00. The first kappa shape index (κ1) is 15.1. The van der Waals surface area contributed by atoms with Crippen LogP contribution < -0.4 is 5.32 Å². The van der Waals surface area contributed by atoms with E-state index in [4.69, 9.17) is 4.98 Å². The first-order valence-electron chi connectivity index (χ1n) is 7.24. The van der Waals surface area contributed by atoms with Crippen LogP contribution in [0, 0.1) is 5.82 Å². The Morgan fingerprint density at radius 2 is 2.14 bits per heavy atom. The Hall–Kier alpha value is -0.780. The van der Waals surface area contributed by atoms with Crippen molar-refractivity contribution < 1.29 is 4.39 Å². The Bertz CT molecular complexity index is 632. The standard InChI is InChI=1S/C16H18BrFN2S/c1-9(2)19-15(11-7-6-10(18)8-12(11)17)16-20-13-4-3-5-14(13)21-16/h6-9,15,19H,3-5H2,1-2H3. The van der Waals surface area contributed by atoms with Gasteiger partial charge in [-0.05, 0) is 50.8 Å². The van der Waals surface area contributed by atoms with Crippen molar-refractivity contribution in [2.24, 2.45) is 0 Å². The summed E-state index contributed by atoms with van der Waals surface area (Å²) in [5.74, 6) is -0.226. The fourth-order valence-corrected chi connectivity index (χ4v) is 4.51. The number of benzene rings is 1. The minimum Gasteiger partial charge on any atom is -0.302 e. The predicted molar refractivity (Wildman–Crippen MR) is 88.4 cm³/mol. The molecule has 1 unspecified atom stereocenters. The van der Waals surface area contributed by atoms with Crippen molar-refractivity contribution in [3.8, 4) is 0 Å². The van der Waals surface area contributed by atoms with Crippen molar-refractivity contribution in [3.05, 3.63) is 49.6 Å². The number of aromatic nitrogens is 1. The molecule has 1 aromatic heterocycles. The molecule has 21 heavy (non-hydrogen) atoms. The average Bonchev–Trinajstić information content (AvgIpc) is 2.96. The van der Waals surface area contributed by atoms with Gasteiger partial charge in [-0.2, -0.15) is 0 Å². The molecule has 5 heteroatoms. The van der Waals surface area contributed by atoms with Crippen molar-refractivity contribution in [3.63, 3.8) is 0 Å². The van der Waals surface area contributed by atoms with Crippen LogP contribution >= 0.6 is 27.3 Å². The number of hydrogen-bond acceptors (Lipinski definition) is 3. The van der Waals surface area contributed by atoms with E-state index in [2.05, 4.69) is 35.1 Å². The SMILES string of the molecule is CC(C)NC(c1nc2c(s1)CCC2)c1ccc(F)cc1Br. The number of aryl methyl sites for hydroxylation is 2. The molecule has 0 bridgehead atoms. The second kappa shape index (κ2) is 6.15. The van der Waals surface area contributed by atoms with Crippen LogP contribution in [-0.4, -0.2) is 11.0 Å². The lowest BCUT2D eigenvalue weighted by atomic mass is 10.1. The van der Waals surface area contributed by atoms with E-state index in [1.165, 1.54) is 29.1 Å². The fraction of sp³-hybridized carbons (Fsp3) is 0.438. The molecule has 1 aliphatic rings. The monoisotopic (exact) mass is 368 g/mol. The maximum Gasteiger partial charge on any atom is 0.124 e. The van der Waals surface area contributed by atoms with E-state index >= 15 is 0 Å². The summed E-state index contributed by atoms with van der Waals surface area (Å²) in [7, 11) is 0. The van der Waals surface area contributed by atoms with Gasteiger partial charge in [0.2, 0.25) is 0 Å². The molecule has 1 heterocycles. The summed E-state index contributed by atoms with van der Waals surface area (Å²) < 4.78 is 14.1. The van der Waals surface area contributed by atoms with E-state index < -0.39 is 0 Å². The number of rotatable bonds is 4. The van der Waals surface area contributed by atoms with Crippen LogP contribution in [0.15, 0.2) is 22.7 Å². The summed E-state index contributed by atoms with van der Waals surface area (Å²) >= 11 is 5.28. The predicted octanol–water partition coefficient (Wildman–Crippen LogP) is 4.62. The molecule has 0 radical (unpaired) electrons. The summed E-state index contributed by atoms with van der Waals surface area (Å²) in [6.07, 6.45) is 3.45. The molecule has 0 saturated heterocycles. The zero-order chi connectivity index (χ0) is 15.0. The van der Waals surface area contributed by atoms with Gasteiger partial charge >= 0.3 is 0 Å². The molecular weight excluding hydrogens is 351 g/mol. The number of fused-ring (bicyclic) bond motifs is 1. The number of thiazole rings is 1. The second-order valence-corrected chi connectivity index (χ2v) is 7.67. The Morgan fingerprint density at radius 3 is 2.81 bits per heavy atom. The first-order chi connectivity index (χ1) is 10.0. The topological polar surface area (TPSA) is 24.9 Å². The molecule has 112 valence electrons. The van der Waals surface area contributed by atoms with Crippen LogP contribution in [0.5, 0.6) is 0 Å². The van der Waals surface area contributed by atoms with Gasteiger partial charge in [0.25, 0.3) is 0 Å². The summed E-state index contributed by atoms with van der Waals surface area (Å²) in [6, 6.07) is 5.20. The molecule has 2 nitrogen and oxygen atoms in total. The van der Waals surface area contributed by atoms with Gasteiger partial charge in [-0.1, -0.05) is 22.0 Å². The Kier molecular flexibility index (Phi) is 4.43. The fourth-order valence-electron chi connectivity index (χ4n) is 2.70. The number of hydrogen-bond donors (Lipinski definition) is 1. The van der Waals surface area contributed by atoms with Crippen LogP contribution in [0.1, 0.15) is 47.5 Å². The highest BCUT2D eigenvalue weighted by Crippen LogP contribution is 2.36. The highest BCUT2D eigenvalue weighted by molar-refractivity contribution is 9.10.